The molecule has 0 aliphatic carbocycles. The van der Waals surface area contributed by atoms with Crippen LogP contribution in [0.5, 0.6) is 0 Å². The SMILES string of the molecule is N#C/C(=C\c1ccc(Cl)c(Cl)c1)C(=O)c1ccccc1. The Morgan fingerprint density at radius 1 is 1.05 bits per heavy atom. The quantitative estimate of drug-likeness (QED) is 0.465. The Balaban J connectivity index is 2.37. The van der Waals surface area contributed by atoms with Crippen LogP contribution in [-0.2, 0) is 0 Å². The summed E-state index contributed by atoms with van der Waals surface area (Å²) in [5, 5.41) is 9.95. The third kappa shape index (κ3) is 3.27. The molecule has 2 nitrogen and oxygen atoms in total. The second-order valence-electron chi connectivity index (χ2n) is 4.04. The molecule has 0 amide bonds. The smallest absolute Gasteiger partial charge is 0.203 e. The van der Waals surface area contributed by atoms with Gasteiger partial charge in [0.2, 0.25) is 5.78 Å². The standard InChI is InChI=1S/C16H9Cl2NO/c17-14-7-6-11(9-15(14)18)8-13(10-19)16(20)12-4-2-1-3-5-12/h1-9H/b13-8+. The van der Waals surface area contributed by atoms with Crippen LogP contribution in [0.2, 0.25) is 10.0 Å². The van der Waals surface area contributed by atoms with Crippen molar-refractivity contribution < 1.29 is 4.79 Å². The van der Waals surface area contributed by atoms with Gasteiger partial charge in [0.15, 0.2) is 0 Å². The lowest BCUT2D eigenvalue weighted by Crippen LogP contribution is -2.01. The van der Waals surface area contributed by atoms with Crippen LogP contribution in [0.4, 0.5) is 0 Å². The normalized spacial score (nSPS) is 10.9. The molecule has 0 fully saturated rings. The molecule has 0 radical (unpaired) electrons. The van der Waals surface area contributed by atoms with Crippen LogP contribution in [0.3, 0.4) is 0 Å². The van der Waals surface area contributed by atoms with Gasteiger partial charge in [-0.05, 0) is 23.8 Å². The average molecular weight is 302 g/mol. The number of benzene rings is 2. The summed E-state index contributed by atoms with van der Waals surface area (Å²) < 4.78 is 0. The highest BCUT2D eigenvalue weighted by Crippen LogP contribution is 2.24. The molecule has 0 saturated carbocycles. The summed E-state index contributed by atoms with van der Waals surface area (Å²) in [6.45, 7) is 0. The second kappa shape index (κ2) is 6.38. The minimum Gasteiger partial charge on any atom is -0.288 e. The molecule has 0 saturated heterocycles. The summed E-state index contributed by atoms with van der Waals surface area (Å²) in [4.78, 5) is 12.2. The van der Waals surface area contributed by atoms with Gasteiger partial charge in [-0.1, -0.05) is 59.6 Å². The van der Waals surface area contributed by atoms with Gasteiger partial charge in [-0.25, -0.2) is 0 Å². The first kappa shape index (κ1) is 14.3. The number of Topliss-reactive ketones (excluding diaryl/α,β-unsaturated/α-hetero) is 1. The van der Waals surface area contributed by atoms with Gasteiger partial charge >= 0.3 is 0 Å². The zero-order valence-electron chi connectivity index (χ0n) is 10.3. The van der Waals surface area contributed by atoms with Crippen molar-refractivity contribution >= 4 is 35.1 Å². The number of nitrogens with zero attached hydrogens (tertiary/aromatic N) is 1. The summed E-state index contributed by atoms with van der Waals surface area (Å²) in [6.07, 6.45) is 1.50. The zero-order chi connectivity index (χ0) is 14.5. The maximum absolute atomic E-state index is 12.2. The Hall–Kier alpha value is -2.08. The van der Waals surface area contributed by atoms with Gasteiger partial charge in [0, 0.05) is 5.56 Å². The van der Waals surface area contributed by atoms with Crippen LogP contribution in [0.25, 0.3) is 6.08 Å². The third-order valence-electron chi connectivity index (χ3n) is 2.66. The Labute approximate surface area is 126 Å². The molecule has 4 heteroatoms. The van der Waals surface area contributed by atoms with Gasteiger partial charge in [0.25, 0.3) is 0 Å². The highest BCUT2D eigenvalue weighted by molar-refractivity contribution is 6.42. The van der Waals surface area contributed by atoms with Crippen molar-refractivity contribution in [3.8, 4) is 6.07 Å². The maximum Gasteiger partial charge on any atom is 0.203 e. The summed E-state index contributed by atoms with van der Waals surface area (Å²) in [6, 6.07) is 15.5. The Morgan fingerprint density at radius 2 is 1.75 bits per heavy atom. The molecule has 0 bridgehead atoms. The number of allylic oxidation sites excluding steroid dienone is 1. The summed E-state index contributed by atoms with van der Waals surface area (Å²) in [5.74, 6) is -0.320. The lowest BCUT2D eigenvalue weighted by Gasteiger charge is -2.01. The van der Waals surface area contributed by atoms with Crippen molar-refractivity contribution in [3.05, 3.63) is 75.3 Å². The summed E-state index contributed by atoms with van der Waals surface area (Å²) in [7, 11) is 0. The first-order valence-electron chi connectivity index (χ1n) is 5.78. The van der Waals surface area contributed by atoms with Crippen molar-refractivity contribution in [2.75, 3.05) is 0 Å². The fraction of sp³-hybridized carbons (Fsp3) is 0. The van der Waals surface area contributed by atoms with Gasteiger partial charge in [-0.2, -0.15) is 5.26 Å². The van der Waals surface area contributed by atoms with E-state index in [1.54, 1.807) is 42.5 Å². The average Bonchev–Trinajstić information content (AvgIpc) is 2.48. The van der Waals surface area contributed by atoms with E-state index < -0.39 is 0 Å². The van der Waals surface area contributed by atoms with E-state index in [1.165, 1.54) is 6.08 Å². The largest absolute Gasteiger partial charge is 0.288 e. The predicted octanol–water partition coefficient (Wildman–Crippen LogP) is 4.78. The zero-order valence-corrected chi connectivity index (χ0v) is 11.8. The topological polar surface area (TPSA) is 40.9 Å². The third-order valence-corrected chi connectivity index (χ3v) is 3.39. The molecule has 0 N–H and O–H groups in total. The lowest BCUT2D eigenvalue weighted by atomic mass is 10.0. The van der Waals surface area contributed by atoms with E-state index in [9.17, 15) is 4.79 Å². The molecular weight excluding hydrogens is 293 g/mol. The second-order valence-corrected chi connectivity index (χ2v) is 4.85. The number of carbonyl (C=O) groups is 1. The molecule has 2 aromatic rings. The van der Waals surface area contributed by atoms with E-state index in [0.717, 1.165) is 0 Å². The Bertz CT molecular complexity index is 715. The molecule has 0 unspecified atom stereocenters. The van der Waals surface area contributed by atoms with Crippen molar-refractivity contribution in [1.29, 1.82) is 5.26 Å². The minimum atomic E-state index is -0.320. The molecular formula is C16H9Cl2NO. The minimum absolute atomic E-state index is 0.0505. The molecule has 20 heavy (non-hydrogen) atoms. The summed E-state index contributed by atoms with van der Waals surface area (Å²) in [5.41, 5.74) is 1.18. The van der Waals surface area contributed by atoms with Crippen LogP contribution in [-0.4, -0.2) is 5.78 Å². The number of hydrogen-bond donors (Lipinski definition) is 0. The molecule has 0 aromatic heterocycles. The number of nitriles is 1. The lowest BCUT2D eigenvalue weighted by molar-refractivity contribution is 0.104. The fourth-order valence-corrected chi connectivity index (χ4v) is 1.97. The van der Waals surface area contributed by atoms with E-state index in [0.29, 0.717) is 21.2 Å². The Morgan fingerprint density at radius 3 is 2.35 bits per heavy atom. The van der Waals surface area contributed by atoms with Gasteiger partial charge in [0.1, 0.15) is 11.6 Å². The van der Waals surface area contributed by atoms with E-state index in [4.69, 9.17) is 28.5 Å². The number of rotatable bonds is 3. The van der Waals surface area contributed by atoms with E-state index in [2.05, 4.69) is 0 Å². The van der Waals surface area contributed by atoms with Crippen molar-refractivity contribution in [1.82, 2.24) is 0 Å². The molecule has 0 aliphatic rings. The van der Waals surface area contributed by atoms with Crippen LogP contribution in [0, 0.1) is 11.3 Å². The van der Waals surface area contributed by atoms with E-state index >= 15 is 0 Å². The monoisotopic (exact) mass is 301 g/mol. The number of carbonyl (C=O) groups excluding carboxylic acids is 1. The Kier molecular flexibility index (Phi) is 4.57. The van der Waals surface area contributed by atoms with Gasteiger partial charge in [-0.3, -0.25) is 4.79 Å². The molecule has 0 atom stereocenters. The highest BCUT2D eigenvalue weighted by atomic mass is 35.5. The number of halogens is 2. The van der Waals surface area contributed by atoms with E-state index in [-0.39, 0.29) is 11.4 Å². The molecule has 0 spiro atoms. The number of ketones is 1. The molecule has 2 aromatic carbocycles. The van der Waals surface area contributed by atoms with Crippen LogP contribution in [0.15, 0.2) is 54.1 Å². The first-order valence-corrected chi connectivity index (χ1v) is 6.54. The molecule has 0 aliphatic heterocycles. The molecule has 98 valence electrons. The summed E-state index contributed by atoms with van der Waals surface area (Å²) >= 11 is 11.7. The van der Waals surface area contributed by atoms with Crippen LogP contribution in [0.1, 0.15) is 15.9 Å². The van der Waals surface area contributed by atoms with Crippen LogP contribution < -0.4 is 0 Å². The highest BCUT2D eigenvalue weighted by Gasteiger charge is 2.11. The van der Waals surface area contributed by atoms with E-state index in [1.807, 2.05) is 12.1 Å². The van der Waals surface area contributed by atoms with Gasteiger partial charge < -0.3 is 0 Å². The van der Waals surface area contributed by atoms with Gasteiger partial charge in [-0.15, -0.1) is 0 Å². The number of hydrogen-bond acceptors (Lipinski definition) is 2. The van der Waals surface area contributed by atoms with Crippen molar-refractivity contribution in [3.63, 3.8) is 0 Å². The van der Waals surface area contributed by atoms with Gasteiger partial charge in [0.05, 0.1) is 10.0 Å². The maximum atomic E-state index is 12.2. The first-order chi connectivity index (χ1) is 9.61. The van der Waals surface area contributed by atoms with Crippen molar-refractivity contribution in [2.45, 2.75) is 0 Å². The molecule has 2 rings (SSSR count). The fourth-order valence-electron chi connectivity index (χ4n) is 1.66. The molecule has 0 heterocycles. The predicted molar refractivity (Wildman–Crippen MR) is 80.8 cm³/mol. The van der Waals surface area contributed by atoms with Crippen molar-refractivity contribution in [2.24, 2.45) is 0 Å². The van der Waals surface area contributed by atoms with Crippen LogP contribution >= 0.6 is 23.2 Å².